The predicted octanol–water partition coefficient (Wildman–Crippen LogP) is 3.46. The number of anilines is 1. The van der Waals surface area contributed by atoms with Gasteiger partial charge in [0.25, 0.3) is 15.9 Å². The average Bonchev–Trinajstić information content (AvgIpc) is 2.67. The molecule has 1 N–H and O–H groups in total. The third-order valence-electron chi connectivity index (χ3n) is 4.09. The second-order valence-electron chi connectivity index (χ2n) is 6.05. The average molecular weight is 429 g/mol. The molecule has 6 nitrogen and oxygen atoms in total. The highest BCUT2D eigenvalue weighted by atomic mass is 35.5. The molecule has 0 saturated carbocycles. The van der Waals surface area contributed by atoms with E-state index in [2.05, 4.69) is 5.32 Å². The molecule has 0 aromatic heterocycles. The number of nitrogens with one attached hydrogen (secondary N) is 1. The zero-order valence-corrected chi connectivity index (χ0v) is 17.2. The van der Waals surface area contributed by atoms with Gasteiger partial charge in [-0.05, 0) is 55.3 Å². The second kappa shape index (κ2) is 9.86. The van der Waals surface area contributed by atoms with Crippen molar-refractivity contribution in [1.82, 2.24) is 5.32 Å². The van der Waals surface area contributed by atoms with Crippen molar-refractivity contribution < 1.29 is 22.3 Å². The Morgan fingerprint density at radius 2 is 1.86 bits per heavy atom. The highest BCUT2D eigenvalue weighted by Gasteiger charge is 2.23. The summed E-state index contributed by atoms with van der Waals surface area (Å²) < 4.78 is 44.8. The summed E-state index contributed by atoms with van der Waals surface area (Å²) in [6.45, 7) is 1.02. The van der Waals surface area contributed by atoms with Crippen LogP contribution in [0.25, 0.3) is 0 Å². The van der Waals surface area contributed by atoms with Gasteiger partial charge in [-0.15, -0.1) is 0 Å². The van der Waals surface area contributed by atoms with E-state index in [0.29, 0.717) is 18.8 Å². The number of hydrogen-bond acceptors (Lipinski definition) is 4. The van der Waals surface area contributed by atoms with Gasteiger partial charge in [-0.1, -0.05) is 11.6 Å². The first kappa shape index (κ1) is 22.1. The van der Waals surface area contributed by atoms with Crippen LogP contribution in [0.5, 0.6) is 0 Å². The first-order chi connectivity index (χ1) is 13.3. The monoisotopic (exact) mass is 428 g/mol. The molecule has 0 aliphatic heterocycles. The molecule has 9 heteroatoms. The molecule has 2 rings (SSSR count). The molecule has 1 amide bonds. The number of methoxy groups -OCH3 is 1. The molecule has 2 aromatic rings. The van der Waals surface area contributed by atoms with Gasteiger partial charge in [0.1, 0.15) is 5.82 Å². The molecule has 0 heterocycles. The molecular weight excluding hydrogens is 407 g/mol. The van der Waals surface area contributed by atoms with Crippen molar-refractivity contribution in [3.8, 4) is 0 Å². The standard InChI is InChI=1S/C19H22ClFN2O4S/c1-23(15-7-5-14(21)6-8-15)28(25,26)16-9-10-18(20)17(13-16)19(24)22-11-3-4-12-27-2/h5-10,13H,3-4,11-12H2,1-2H3,(H,22,24). The van der Waals surface area contributed by atoms with Crippen LogP contribution in [0.4, 0.5) is 10.1 Å². The first-order valence-electron chi connectivity index (χ1n) is 8.58. The molecule has 28 heavy (non-hydrogen) atoms. The van der Waals surface area contributed by atoms with E-state index in [4.69, 9.17) is 16.3 Å². The third-order valence-corrected chi connectivity index (χ3v) is 6.20. The van der Waals surface area contributed by atoms with Gasteiger partial charge >= 0.3 is 0 Å². The highest BCUT2D eigenvalue weighted by Crippen LogP contribution is 2.26. The molecule has 0 saturated heterocycles. The quantitative estimate of drug-likeness (QED) is 0.620. The van der Waals surface area contributed by atoms with Crippen LogP contribution in [0, 0.1) is 5.82 Å². The lowest BCUT2D eigenvalue weighted by molar-refractivity contribution is 0.0951. The maximum absolute atomic E-state index is 13.1. The topological polar surface area (TPSA) is 75.7 Å². The summed E-state index contributed by atoms with van der Waals surface area (Å²) in [6, 6.07) is 8.99. The van der Waals surface area contributed by atoms with E-state index in [1.165, 1.54) is 49.5 Å². The molecule has 2 aromatic carbocycles. The molecule has 0 unspecified atom stereocenters. The van der Waals surface area contributed by atoms with E-state index in [1.807, 2.05) is 0 Å². The molecule has 0 bridgehead atoms. The zero-order chi connectivity index (χ0) is 20.7. The van der Waals surface area contributed by atoms with Crippen molar-refractivity contribution in [1.29, 1.82) is 0 Å². The minimum Gasteiger partial charge on any atom is -0.385 e. The number of halogens is 2. The minimum absolute atomic E-state index is 0.0713. The number of hydrogen-bond donors (Lipinski definition) is 1. The van der Waals surface area contributed by atoms with Gasteiger partial charge in [-0.3, -0.25) is 9.10 Å². The summed E-state index contributed by atoms with van der Waals surface area (Å²) in [6.07, 6.45) is 1.52. The van der Waals surface area contributed by atoms with E-state index >= 15 is 0 Å². The first-order valence-corrected chi connectivity index (χ1v) is 10.4. The Hall–Kier alpha value is -2.16. The fourth-order valence-corrected chi connectivity index (χ4v) is 3.88. The molecule has 152 valence electrons. The number of unbranched alkanes of at least 4 members (excludes halogenated alkanes) is 1. The molecule has 0 aliphatic carbocycles. The number of rotatable bonds is 9. The fourth-order valence-electron chi connectivity index (χ4n) is 2.46. The van der Waals surface area contributed by atoms with E-state index in [0.717, 1.165) is 17.1 Å². The zero-order valence-electron chi connectivity index (χ0n) is 15.6. The summed E-state index contributed by atoms with van der Waals surface area (Å²) in [7, 11) is -0.996. The summed E-state index contributed by atoms with van der Waals surface area (Å²) in [5, 5.41) is 2.87. The van der Waals surface area contributed by atoms with Crippen LogP contribution in [0.1, 0.15) is 23.2 Å². The van der Waals surface area contributed by atoms with Crippen molar-refractivity contribution in [3.05, 3.63) is 58.9 Å². The number of carbonyl (C=O) groups excluding carboxylic acids is 1. The molecular formula is C19H22ClFN2O4S. The number of sulfonamides is 1. The summed E-state index contributed by atoms with van der Waals surface area (Å²) >= 11 is 6.09. The van der Waals surface area contributed by atoms with Crippen molar-refractivity contribution in [3.63, 3.8) is 0 Å². The van der Waals surface area contributed by atoms with Gasteiger partial charge in [0, 0.05) is 27.3 Å². The van der Waals surface area contributed by atoms with Crippen LogP contribution < -0.4 is 9.62 Å². The maximum atomic E-state index is 13.1. The smallest absolute Gasteiger partial charge is 0.264 e. The van der Waals surface area contributed by atoms with Gasteiger partial charge in [0.15, 0.2) is 0 Å². The van der Waals surface area contributed by atoms with Gasteiger partial charge in [0.2, 0.25) is 0 Å². The third kappa shape index (κ3) is 5.43. The minimum atomic E-state index is -3.95. The highest BCUT2D eigenvalue weighted by molar-refractivity contribution is 7.92. The van der Waals surface area contributed by atoms with E-state index in [-0.39, 0.29) is 15.5 Å². The van der Waals surface area contributed by atoms with Crippen LogP contribution in [0.15, 0.2) is 47.4 Å². The lowest BCUT2D eigenvalue weighted by Crippen LogP contribution is -2.28. The lowest BCUT2D eigenvalue weighted by atomic mass is 10.2. The summed E-state index contributed by atoms with van der Waals surface area (Å²) in [4.78, 5) is 12.3. The number of amides is 1. The Morgan fingerprint density at radius 3 is 2.50 bits per heavy atom. The van der Waals surface area contributed by atoms with Gasteiger partial charge in [0.05, 0.1) is 21.2 Å². The van der Waals surface area contributed by atoms with Gasteiger partial charge < -0.3 is 10.1 Å². The Bertz CT molecular complexity index is 920. The molecule has 0 atom stereocenters. The van der Waals surface area contributed by atoms with Crippen LogP contribution >= 0.6 is 11.6 Å². The molecule has 0 radical (unpaired) electrons. The number of benzene rings is 2. The normalized spacial score (nSPS) is 11.3. The predicted molar refractivity (Wildman–Crippen MR) is 107 cm³/mol. The summed E-state index contributed by atoms with van der Waals surface area (Å²) in [5.74, 6) is -0.922. The van der Waals surface area contributed by atoms with Gasteiger partial charge in [-0.2, -0.15) is 0 Å². The van der Waals surface area contributed by atoms with Crippen LogP contribution in [-0.4, -0.2) is 41.6 Å². The van der Waals surface area contributed by atoms with Crippen molar-refractivity contribution in [2.24, 2.45) is 0 Å². The number of ether oxygens (including phenoxy) is 1. The lowest BCUT2D eigenvalue weighted by Gasteiger charge is -2.20. The second-order valence-corrected chi connectivity index (χ2v) is 8.42. The van der Waals surface area contributed by atoms with Crippen LogP contribution in [0.3, 0.4) is 0 Å². The fraction of sp³-hybridized carbons (Fsp3) is 0.316. The Kier molecular flexibility index (Phi) is 7.79. The Morgan fingerprint density at radius 1 is 1.18 bits per heavy atom. The Labute approximate surface area is 169 Å². The van der Waals surface area contributed by atoms with Crippen molar-refractivity contribution in [2.45, 2.75) is 17.7 Å². The van der Waals surface area contributed by atoms with Crippen molar-refractivity contribution in [2.75, 3.05) is 31.6 Å². The largest absolute Gasteiger partial charge is 0.385 e. The number of carbonyl (C=O) groups is 1. The van der Waals surface area contributed by atoms with E-state index < -0.39 is 21.7 Å². The molecule has 0 aliphatic rings. The van der Waals surface area contributed by atoms with Gasteiger partial charge in [-0.25, -0.2) is 12.8 Å². The van der Waals surface area contributed by atoms with Crippen molar-refractivity contribution >= 4 is 33.2 Å². The van der Waals surface area contributed by atoms with E-state index in [1.54, 1.807) is 7.11 Å². The van der Waals surface area contributed by atoms with Crippen LogP contribution in [-0.2, 0) is 14.8 Å². The SMILES string of the molecule is COCCCCNC(=O)c1cc(S(=O)(=O)N(C)c2ccc(F)cc2)ccc1Cl. The molecule has 0 fully saturated rings. The Balaban J connectivity index is 2.20. The molecule has 0 spiro atoms. The number of nitrogens with zero attached hydrogens (tertiary/aromatic N) is 1. The van der Waals surface area contributed by atoms with E-state index in [9.17, 15) is 17.6 Å². The maximum Gasteiger partial charge on any atom is 0.264 e. The summed E-state index contributed by atoms with van der Waals surface area (Å²) in [5.41, 5.74) is 0.363. The van der Waals surface area contributed by atoms with Crippen LogP contribution in [0.2, 0.25) is 5.02 Å².